The molecule has 3 rings (SSSR count). The van der Waals surface area contributed by atoms with Gasteiger partial charge in [-0.05, 0) is 24.5 Å². The van der Waals surface area contributed by atoms with Gasteiger partial charge in [-0.25, -0.2) is 4.79 Å². The lowest BCUT2D eigenvalue weighted by atomic mass is 9.91. The summed E-state index contributed by atoms with van der Waals surface area (Å²) >= 11 is 0. The molecule has 0 radical (unpaired) electrons. The Kier molecular flexibility index (Phi) is 1.92. The van der Waals surface area contributed by atoms with Gasteiger partial charge in [-0.15, -0.1) is 0 Å². The molecule has 88 valence electrons. The third kappa shape index (κ3) is 1.54. The number of aromatic amines is 1. The number of carboxylic acid groups (broad SMARTS) is 1. The molecule has 0 bridgehead atoms. The molecule has 2 aromatic rings. The van der Waals surface area contributed by atoms with E-state index in [0.717, 1.165) is 18.4 Å². The quantitative estimate of drug-likeness (QED) is 0.843. The van der Waals surface area contributed by atoms with E-state index in [1.807, 2.05) is 6.07 Å². The van der Waals surface area contributed by atoms with E-state index < -0.39 is 11.7 Å². The van der Waals surface area contributed by atoms with Crippen LogP contribution in [0.5, 0.6) is 0 Å². The third-order valence-corrected chi connectivity index (χ3v) is 3.37. The molecule has 0 amide bonds. The Balaban J connectivity index is 2.17. The van der Waals surface area contributed by atoms with E-state index in [2.05, 4.69) is 4.98 Å². The highest BCUT2D eigenvalue weighted by Gasteiger charge is 2.47. The van der Waals surface area contributed by atoms with Crippen LogP contribution in [-0.2, 0) is 10.2 Å². The maximum absolute atomic E-state index is 11.2. The number of rotatable bonds is 3. The summed E-state index contributed by atoms with van der Waals surface area (Å²) in [6.07, 6.45) is 1.77. The van der Waals surface area contributed by atoms with Gasteiger partial charge in [0.2, 0.25) is 0 Å². The second-order valence-corrected chi connectivity index (χ2v) is 4.54. The maximum Gasteiger partial charge on any atom is 0.417 e. The molecule has 1 aromatic carbocycles. The fourth-order valence-electron chi connectivity index (χ4n) is 2.40. The Hall–Kier alpha value is -2.04. The standard InChI is InChI=1S/C12H11NO4/c14-9(15)6-12(4-5-12)7-2-1-3-8-10(7)13-11(16)17-8/h1-3H,4-6H2,(H,13,16)(H,14,15). The number of benzene rings is 1. The molecule has 5 nitrogen and oxygen atoms in total. The lowest BCUT2D eigenvalue weighted by Gasteiger charge is -2.13. The molecule has 17 heavy (non-hydrogen) atoms. The number of aliphatic carboxylic acids is 1. The fourth-order valence-corrected chi connectivity index (χ4v) is 2.40. The number of fused-ring (bicyclic) bond motifs is 1. The largest absolute Gasteiger partial charge is 0.481 e. The van der Waals surface area contributed by atoms with Crippen LogP contribution in [0.1, 0.15) is 24.8 Å². The van der Waals surface area contributed by atoms with Gasteiger partial charge in [0.15, 0.2) is 5.58 Å². The van der Waals surface area contributed by atoms with Gasteiger partial charge in [0, 0.05) is 5.41 Å². The zero-order valence-electron chi connectivity index (χ0n) is 9.03. The topological polar surface area (TPSA) is 83.3 Å². The summed E-state index contributed by atoms with van der Waals surface area (Å²) in [5.74, 6) is -1.32. The molecule has 2 N–H and O–H groups in total. The van der Waals surface area contributed by atoms with Crippen molar-refractivity contribution in [1.82, 2.24) is 4.98 Å². The molecular formula is C12H11NO4. The van der Waals surface area contributed by atoms with Crippen LogP contribution in [0.2, 0.25) is 0 Å². The first-order chi connectivity index (χ1) is 8.11. The van der Waals surface area contributed by atoms with E-state index in [9.17, 15) is 9.59 Å². The summed E-state index contributed by atoms with van der Waals surface area (Å²) in [4.78, 5) is 24.7. The van der Waals surface area contributed by atoms with Crippen LogP contribution in [-0.4, -0.2) is 16.1 Å². The van der Waals surface area contributed by atoms with Crippen molar-refractivity contribution in [2.75, 3.05) is 0 Å². The number of hydrogen-bond donors (Lipinski definition) is 2. The van der Waals surface area contributed by atoms with Gasteiger partial charge in [-0.1, -0.05) is 12.1 Å². The molecule has 5 heteroatoms. The van der Waals surface area contributed by atoms with Crippen LogP contribution in [0.25, 0.3) is 11.1 Å². The van der Waals surface area contributed by atoms with Crippen LogP contribution < -0.4 is 5.76 Å². The number of para-hydroxylation sites is 1. The number of carboxylic acids is 1. The minimum atomic E-state index is -0.814. The third-order valence-electron chi connectivity index (χ3n) is 3.37. The van der Waals surface area contributed by atoms with E-state index in [1.54, 1.807) is 12.1 Å². The van der Waals surface area contributed by atoms with Crippen LogP contribution in [0.15, 0.2) is 27.4 Å². The van der Waals surface area contributed by atoms with Gasteiger partial charge in [-0.2, -0.15) is 0 Å². The number of H-pyrrole nitrogens is 1. The molecule has 0 aliphatic heterocycles. The molecule has 1 fully saturated rings. The van der Waals surface area contributed by atoms with Gasteiger partial charge < -0.3 is 9.52 Å². The summed E-state index contributed by atoms with van der Waals surface area (Å²) in [5.41, 5.74) is 1.68. The molecule has 1 saturated carbocycles. The van der Waals surface area contributed by atoms with Crippen LogP contribution in [0, 0.1) is 0 Å². The first-order valence-electron chi connectivity index (χ1n) is 5.45. The average molecular weight is 233 g/mol. The predicted molar refractivity (Wildman–Crippen MR) is 60.0 cm³/mol. The van der Waals surface area contributed by atoms with Crippen molar-refractivity contribution in [3.63, 3.8) is 0 Å². The Morgan fingerprint density at radius 1 is 1.47 bits per heavy atom. The lowest BCUT2D eigenvalue weighted by molar-refractivity contribution is -0.137. The summed E-state index contributed by atoms with van der Waals surface area (Å²) in [6.45, 7) is 0. The maximum atomic E-state index is 11.2. The summed E-state index contributed by atoms with van der Waals surface area (Å²) in [7, 11) is 0. The highest BCUT2D eigenvalue weighted by molar-refractivity contribution is 5.80. The Morgan fingerprint density at radius 2 is 2.24 bits per heavy atom. The van der Waals surface area contributed by atoms with Crippen molar-refractivity contribution >= 4 is 17.1 Å². The van der Waals surface area contributed by atoms with Crippen molar-refractivity contribution < 1.29 is 14.3 Å². The molecule has 0 unspecified atom stereocenters. The van der Waals surface area contributed by atoms with E-state index in [1.165, 1.54) is 0 Å². The van der Waals surface area contributed by atoms with Gasteiger partial charge >= 0.3 is 11.7 Å². The van der Waals surface area contributed by atoms with Crippen LogP contribution in [0.3, 0.4) is 0 Å². The fraction of sp³-hybridized carbons (Fsp3) is 0.333. The Bertz CT molecular complexity index is 648. The van der Waals surface area contributed by atoms with Crippen LogP contribution >= 0.6 is 0 Å². The first kappa shape index (κ1) is 10.1. The van der Waals surface area contributed by atoms with Crippen LogP contribution in [0.4, 0.5) is 0 Å². The molecular weight excluding hydrogens is 222 g/mol. The van der Waals surface area contributed by atoms with Gasteiger partial charge in [-0.3, -0.25) is 9.78 Å². The summed E-state index contributed by atoms with van der Waals surface area (Å²) in [5, 5.41) is 8.93. The minimum absolute atomic E-state index is 0.0966. The first-order valence-corrected chi connectivity index (χ1v) is 5.45. The van der Waals surface area contributed by atoms with E-state index in [-0.39, 0.29) is 11.8 Å². The zero-order chi connectivity index (χ0) is 12.0. The van der Waals surface area contributed by atoms with Gasteiger partial charge in [0.05, 0.1) is 11.9 Å². The number of hydrogen-bond acceptors (Lipinski definition) is 3. The number of nitrogens with one attached hydrogen (secondary N) is 1. The average Bonchev–Trinajstić information content (AvgIpc) is 2.90. The Labute approximate surface area is 96.1 Å². The lowest BCUT2D eigenvalue weighted by Crippen LogP contribution is -2.13. The van der Waals surface area contributed by atoms with Crippen molar-refractivity contribution in [1.29, 1.82) is 0 Å². The molecule has 1 aliphatic carbocycles. The number of aromatic nitrogens is 1. The molecule has 0 spiro atoms. The second-order valence-electron chi connectivity index (χ2n) is 4.54. The normalized spacial score (nSPS) is 17.2. The van der Waals surface area contributed by atoms with Crippen molar-refractivity contribution in [2.45, 2.75) is 24.7 Å². The second kappa shape index (κ2) is 3.23. The van der Waals surface area contributed by atoms with E-state index >= 15 is 0 Å². The molecule has 0 saturated heterocycles. The SMILES string of the molecule is O=C(O)CC1(c2cccc3oc(=O)[nH]c23)CC1. The van der Waals surface area contributed by atoms with Crippen molar-refractivity contribution in [2.24, 2.45) is 0 Å². The Morgan fingerprint density at radius 3 is 2.88 bits per heavy atom. The summed E-state index contributed by atoms with van der Waals surface area (Å²) < 4.78 is 4.98. The molecule has 0 atom stereocenters. The molecule has 1 heterocycles. The summed E-state index contributed by atoms with van der Waals surface area (Å²) in [6, 6.07) is 5.35. The van der Waals surface area contributed by atoms with Crippen molar-refractivity contribution in [3.8, 4) is 0 Å². The zero-order valence-corrected chi connectivity index (χ0v) is 9.03. The highest BCUT2D eigenvalue weighted by atomic mass is 16.4. The van der Waals surface area contributed by atoms with Gasteiger partial charge in [0.25, 0.3) is 0 Å². The smallest absolute Gasteiger partial charge is 0.417 e. The van der Waals surface area contributed by atoms with Gasteiger partial charge in [0.1, 0.15) is 0 Å². The number of carbonyl (C=O) groups is 1. The minimum Gasteiger partial charge on any atom is -0.481 e. The molecule has 1 aromatic heterocycles. The molecule has 1 aliphatic rings. The number of oxazole rings is 1. The van der Waals surface area contributed by atoms with E-state index in [4.69, 9.17) is 9.52 Å². The monoisotopic (exact) mass is 233 g/mol. The van der Waals surface area contributed by atoms with E-state index in [0.29, 0.717) is 11.1 Å². The predicted octanol–water partition coefficient (Wildman–Crippen LogP) is 1.63. The highest BCUT2D eigenvalue weighted by Crippen LogP contribution is 2.52. The van der Waals surface area contributed by atoms with Crippen molar-refractivity contribution in [3.05, 3.63) is 34.3 Å².